The lowest BCUT2D eigenvalue weighted by atomic mass is 9.83. The van der Waals surface area contributed by atoms with Gasteiger partial charge >= 0.3 is 0 Å². The van der Waals surface area contributed by atoms with E-state index in [0.29, 0.717) is 6.04 Å². The Bertz CT molecular complexity index is 233. The summed E-state index contributed by atoms with van der Waals surface area (Å²) in [6.45, 7) is 3.11. The Morgan fingerprint density at radius 3 is 2.44 bits per heavy atom. The van der Waals surface area contributed by atoms with Crippen molar-refractivity contribution in [2.24, 2.45) is 5.92 Å². The highest BCUT2D eigenvalue weighted by atomic mass is 32.2. The molecule has 2 N–H and O–H groups in total. The van der Waals surface area contributed by atoms with Crippen molar-refractivity contribution in [2.75, 3.05) is 18.1 Å². The van der Waals surface area contributed by atoms with E-state index < -0.39 is 5.60 Å². The lowest BCUT2D eigenvalue weighted by Crippen LogP contribution is -2.47. The minimum atomic E-state index is -0.411. The Kier molecular flexibility index (Phi) is 5.84. The van der Waals surface area contributed by atoms with Crippen molar-refractivity contribution in [2.45, 2.75) is 69.9 Å². The summed E-state index contributed by atoms with van der Waals surface area (Å²) in [5.74, 6) is 3.23. The van der Waals surface area contributed by atoms with Crippen LogP contribution in [0.15, 0.2) is 0 Å². The standard InChI is InChI=1S/C15H29NOS/c1-2-3-13-4-6-14(7-5-13)16-12-15(17)8-10-18-11-9-15/h13-14,16-17H,2-12H2,1H3. The topological polar surface area (TPSA) is 32.3 Å². The Labute approximate surface area is 116 Å². The minimum Gasteiger partial charge on any atom is -0.389 e. The number of nitrogens with one attached hydrogen (secondary N) is 1. The van der Waals surface area contributed by atoms with Crippen molar-refractivity contribution in [1.29, 1.82) is 0 Å². The van der Waals surface area contributed by atoms with Crippen LogP contribution in [-0.4, -0.2) is 34.8 Å². The molecule has 1 heterocycles. The van der Waals surface area contributed by atoms with Crippen LogP contribution in [0.25, 0.3) is 0 Å². The molecule has 1 saturated carbocycles. The first-order valence-corrected chi connectivity index (χ1v) is 8.91. The summed E-state index contributed by atoms with van der Waals surface area (Å²) in [5, 5.41) is 14.1. The Hall–Kier alpha value is 0.270. The van der Waals surface area contributed by atoms with E-state index in [1.807, 2.05) is 11.8 Å². The number of thioether (sulfide) groups is 1. The van der Waals surface area contributed by atoms with Crippen molar-refractivity contribution >= 4 is 11.8 Å². The van der Waals surface area contributed by atoms with Gasteiger partial charge in [0.1, 0.15) is 0 Å². The SMILES string of the molecule is CCCC1CCC(NCC2(O)CCSCC2)CC1. The van der Waals surface area contributed by atoms with Crippen LogP contribution in [0.2, 0.25) is 0 Å². The fraction of sp³-hybridized carbons (Fsp3) is 1.00. The maximum absolute atomic E-state index is 10.5. The third-order valence-electron chi connectivity index (χ3n) is 4.69. The van der Waals surface area contributed by atoms with E-state index in [9.17, 15) is 5.11 Å². The van der Waals surface area contributed by atoms with E-state index in [1.165, 1.54) is 38.5 Å². The highest BCUT2D eigenvalue weighted by Gasteiger charge is 2.30. The van der Waals surface area contributed by atoms with Gasteiger partial charge in [-0.05, 0) is 55.9 Å². The number of hydrogen-bond acceptors (Lipinski definition) is 3. The smallest absolute Gasteiger partial charge is 0.0787 e. The fourth-order valence-electron chi connectivity index (χ4n) is 3.33. The normalized spacial score (nSPS) is 32.3. The second kappa shape index (κ2) is 7.16. The van der Waals surface area contributed by atoms with Crippen LogP contribution in [-0.2, 0) is 0 Å². The molecule has 0 aromatic rings. The van der Waals surface area contributed by atoms with Gasteiger partial charge in [0.2, 0.25) is 0 Å². The minimum absolute atomic E-state index is 0.411. The van der Waals surface area contributed by atoms with Gasteiger partial charge < -0.3 is 10.4 Å². The average Bonchev–Trinajstić information content (AvgIpc) is 2.39. The number of aliphatic hydroxyl groups is 1. The summed E-state index contributed by atoms with van der Waals surface area (Å²) in [7, 11) is 0. The zero-order valence-electron chi connectivity index (χ0n) is 11.8. The molecule has 0 amide bonds. The van der Waals surface area contributed by atoms with Crippen LogP contribution >= 0.6 is 11.8 Å². The second-order valence-electron chi connectivity index (χ2n) is 6.22. The van der Waals surface area contributed by atoms with Gasteiger partial charge in [0.15, 0.2) is 0 Å². The zero-order chi connectivity index (χ0) is 12.8. The maximum Gasteiger partial charge on any atom is 0.0787 e. The molecule has 2 aliphatic rings. The Morgan fingerprint density at radius 1 is 1.17 bits per heavy atom. The van der Waals surface area contributed by atoms with Crippen molar-refractivity contribution in [3.63, 3.8) is 0 Å². The van der Waals surface area contributed by atoms with Crippen LogP contribution in [0.4, 0.5) is 0 Å². The van der Waals surface area contributed by atoms with Gasteiger partial charge in [0.25, 0.3) is 0 Å². The van der Waals surface area contributed by atoms with Crippen molar-refractivity contribution in [3.8, 4) is 0 Å². The summed E-state index contributed by atoms with van der Waals surface area (Å²) in [6, 6.07) is 0.664. The van der Waals surface area contributed by atoms with Gasteiger partial charge in [-0.25, -0.2) is 0 Å². The van der Waals surface area contributed by atoms with Gasteiger partial charge in [-0.3, -0.25) is 0 Å². The second-order valence-corrected chi connectivity index (χ2v) is 7.45. The lowest BCUT2D eigenvalue weighted by Gasteiger charge is -2.35. The quantitative estimate of drug-likeness (QED) is 0.805. The molecule has 0 aromatic carbocycles. The molecule has 18 heavy (non-hydrogen) atoms. The molecule has 3 heteroatoms. The van der Waals surface area contributed by atoms with Gasteiger partial charge in [-0.2, -0.15) is 11.8 Å². The molecule has 2 rings (SSSR count). The lowest BCUT2D eigenvalue weighted by molar-refractivity contribution is 0.0277. The molecule has 1 aliphatic heterocycles. The van der Waals surface area contributed by atoms with Crippen LogP contribution in [0.1, 0.15) is 58.3 Å². The first-order chi connectivity index (χ1) is 8.72. The van der Waals surface area contributed by atoms with Crippen molar-refractivity contribution in [3.05, 3.63) is 0 Å². The third kappa shape index (κ3) is 4.43. The molecule has 0 spiro atoms. The fourth-order valence-corrected chi connectivity index (χ4v) is 4.58. The van der Waals surface area contributed by atoms with E-state index in [0.717, 1.165) is 36.8 Å². The van der Waals surface area contributed by atoms with Crippen molar-refractivity contribution < 1.29 is 5.11 Å². The van der Waals surface area contributed by atoms with Crippen LogP contribution in [0, 0.1) is 5.92 Å². The molecule has 106 valence electrons. The molecular formula is C15H29NOS. The predicted molar refractivity (Wildman–Crippen MR) is 80.2 cm³/mol. The van der Waals surface area contributed by atoms with Gasteiger partial charge in [0.05, 0.1) is 5.60 Å². The number of rotatable bonds is 5. The van der Waals surface area contributed by atoms with E-state index in [-0.39, 0.29) is 0 Å². The van der Waals surface area contributed by atoms with Crippen molar-refractivity contribution in [1.82, 2.24) is 5.32 Å². The Balaban J connectivity index is 1.65. The largest absolute Gasteiger partial charge is 0.389 e. The zero-order valence-corrected chi connectivity index (χ0v) is 12.6. The Morgan fingerprint density at radius 2 is 1.83 bits per heavy atom. The van der Waals surface area contributed by atoms with E-state index >= 15 is 0 Å². The van der Waals surface area contributed by atoms with E-state index in [1.54, 1.807) is 0 Å². The van der Waals surface area contributed by atoms with Crippen LogP contribution < -0.4 is 5.32 Å². The molecule has 0 bridgehead atoms. The molecule has 1 saturated heterocycles. The van der Waals surface area contributed by atoms with Crippen LogP contribution in [0.3, 0.4) is 0 Å². The van der Waals surface area contributed by atoms with Gasteiger partial charge in [0, 0.05) is 12.6 Å². The highest BCUT2D eigenvalue weighted by molar-refractivity contribution is 7.99. The molecule has 0 radical (unpaired) electrons. The monoisotopic (exact) mass is 271 g/mol. The van der Waals surface area contributed by atoms with Gasteiger partial charge in [-0.15, -0.1) is 0 Å². The molecule has 0 atom stereocenters. The molecular weight excluding hydrogens is 242 g/mol. The predicted octanol–water partition coefficient (Wildman–Crippen LogP) is 3.19. The highest BCUT2D eigenvalue weighted by Crippen LogP contribution is 2.29. The van der Waals surface area contributed by atoms with E-state index in [4.69, 9.17) is 0 Å². The molecule has 0 unspecified atom stereocenters. The summed E-state index contributed by atoms with van der Waals surface area (Å²) >= 11 is 1.98. The number of hydrogen-bond donors (Lipinski definition) is 2. The first-order valence-electron chi connectivity index (χ1n) is 7.75. The summed E-state index contributed by atoms with van der Waals surface area (Å²) in [4.78, 5) is 0. The molecule has 2 fully saturated rings. The summed E-state index contributed by atoms with van der Waals surface area (Å²) < 4.78 is 0. The molecule has 1 aliphatic carbocycles. The average molecular weight is 271 g/mol. The molecule has 2 nitrogen and oxygen atoms in total. The third-order valence-corrected chi connectivity index (χ3v) is 5.67. The van der Waals surface area contributed by atoms with Crippen LogP contribution in [0.5, 0.6) is 0 Å². The summed E-state index contributed by atoms with van der Waals surface area (Å²) in [6.07, 6.45) is 10.1. The molecule has 0 aromatic heterocycles. The summed E-state index contributed by atoms with van der Waals surface area (Å²) in [5.41, 5.74) is -0.411. The van der Waals surface area contributed by atoms with Gasteiger partial charge in [-0.1, -0.05) is 19.8 Å². The van der Waals surface area contributed by atoms with E-state index in [2.05, 4.69) is 12.2 Å². The first kappa shape index (κ1) is 14.7. The maximum atomic E-state index is 10.5.